The van der Waals surface area contributed by atoms with Crippen LogP contribution in [-0.2, 0) is 28.9 Å². The number of amides is 2. The number of aryl methyl sites for hydroxylation is 3. The van der Waals surface area contributed by atoms with E-state index >= 15 is 0 Å². The molecule has 1 atom stereocenters. The second kappa shape index (κ2) is 7.89. The maximum Gasteiger partial charge on any atom is 0.259 e. The Morgan fingerprint density at radius 1 is 1.28 bits per heavy atom. The van der Waals surface area contributed by atoms with Crippen molar-refractivity contribution in [2.24, 2.45) is 5.92 Å². The summed E-state index contributed by atoms with van der Waals surface area (Å²) in [5.74, 6) is 0.906. The maximum atomic E-state index is 12.8. The molecule has 29 heavy (non-hydrogen) atoms. The summed E-state index contributed by atoms with van der Waals surface area (Å²) in [6.45, 7) is 7.83. The molecule has 0 spiro atoms. The lowest BCUT2D eigenvalue weighted by Crippen LogP contribution is -2.58. The highest BCUT2D eigenvalue weighted by Gasteiger charge is 2.34. The van der Waals surface area contributed by atoms with E-state index in [0.717, 1.165) is 41.6 Å². The van der Waals surface area contributed by atoms with Crippen LogP contribution in [0.3, 0.4) is 0 Å². The van der Waals surface area contributed by atoms with E-state index < -0.39 is 6.04 Å². The molecule has 2 aromatic heterocycles. The minimum Gasteiger partial charge on any atom is -0.339 e. The van der Waals surface area contributed by atoms with Gasteiger partial charge in [-0.25, -0.2) is 4.98 Å². The highest BCUT2D eigenvalue weighted by atomic mass is 32.1. The van der Waals surface area contributed by atoms with Crippen LogP contribution in [0.15, 0.2) is 4.79 Å². The van der Waals surface area contributed by atoms with Crippen molar-refractivity contribution in [2.75, 3.05) is 19.6 Å². The van der Waals surface area contributed by atoms with Crippen LogP contribution in [-0.4, -0.2) is 57.3 Å². The van der Waals surface area contributed by atoms with Crippen LogP contribution in [0, 0.1) is 5.92 Å². The number of rotatable bonds is 5. The number of thiophene rings is 1. The molecule has 1 aliphatic heterocycles. The average Bonchev–Trinajstić information content (AvgIpc) is 3.24. The third kappa shape index (κ3) is 3.82. The van der Waals surface area contributed by atoms with E-state index in [4.69, 9.17) is 0 Å². The average molecular weight is 417 g/mol. The molecule has 2 aromatic rings. The van der Waals surface area contributed by atoms with Gasteiger partial charge >= 0.3 is 0 Å². The fourth-order valence-electron chi connectivity index (χ4n) is 4.43. The van der Waals surface area contributed by atoms with Crippen molar-refractivity contribution < 1.29 is 9.59 Å². The molecule has 2 aliphatic rings. The summed E-state index contributed by atoms with van der Waals surface area (Å²) in [4.78, 5) is 50.9. The summed E-state index contributed by atoms with van der Waals surface area (Å²) in [6, 6.07) is -0.440. The molecule has 3 heterocycles. The molecule has 0 unspecified atom stereocenters. The van der Waals surface area contributed by atoms with Gasteiger partial charge in [-0.2, -0.15) is 0 Å². The molecule has 1 saturated heterocycles. The van der Waals surface area contributed by atoms with Crippen molar-refractivity contribution in [2.45, 2.75) is 58.9 Å². The molecule has 0 radical (unpaired) electrons. The first-order valence-electron chi connectivity index (χ1n) is 10.5. The number of aromatic amines is 1. The summed E-state index contributed by atoms with van der Waals surface area (Å²) in [6.07, 6.45) is 3.69. The first-order chi connectivity index (χ1) is 13.8. The van der Waals surface area contributed by atoms with Gasteiger partial charge in [0.1, 0.15) is 16.7 Å². The van der Waals surface area contributed by atoms with E-state index in [9.17, 15) is 14.4 Å². The summed E-state index contributed by atoms with van der Waals surface area (Å²) in [5.41, 5.74) is 1.07. The molecule has 1 aliphatic carbocycles. The highest BCUT2D eigenvalue weighted by Crippen LogP contribution is 2.34. The summed E-state index contributed by atoms with van der Waals surface area (Å²) >= 11 is 1.61. The van der Waals surface area contributed by atoms with Crippen LogP contribution in [0.5, 0.6) is 0 Å². The standard InChI is InChI=1S/C21H28N4O3S/c1-12(2)11-24-9-10-25(13(3)21(24)28)17(26)8-7-16-22-19(27)18-14-5-4-6-15(14)29-20(18)23-16/h12-13H,4-11H2,1-3H3,(H,22,23,27)/t13-/m1/s1. The summed E-state index contributed by atoms with van der Waals surface area (Å²) in [7, 11) is 0. The van der Waals surface area contributed by atoms with Crippen LogP contribution in [0.4, 0.5) is 0 Å². The summed E-state index contributed by atoms with van der Waals surface area (Å²) < 4.78 is 0. The van der Waals surface area contributed by atoms with E-state index in [0.29, 0.717) is 31.3 Å². The summed E-state index contributed by atoms with van der Waals surface area (Å²) in [5, 5.41) is 0.734. The number of nitrogens with zero attached hydrogens (tertiary/aromatic N) is 3. The van der Waals surface area contributed by atoms with Crippen LogP contribution in [0.25, 0.3) is 10.2 Å². The number of hydrogen-bond acceptors (Lipinski definition) is 5. The van der Waals surface area contributed by atoms with Crippen LogP contribution in [0.1, 0.15) is 49.9 Å². The van der Waals surface area contributed by atoms with Crippen LogP contribution >= 0.6 is 11.3 Å². The van der Waals surface area contributed by atoms with Gasteiger partial charge in [-0.05, 0) is 37.7 Å². The Morgan fingerprint density at radius 3 is 2.83 bits per heavy atom. The van der Waals surface area contributed by atoms with Crippen molar-refractivity contribution >= 4 is 33.4 Å². The number of piperazine rings is 1. The van der Waals surface area contributed by atoms with Gasteiger partial charge in [0, 0.05) is 37.4 Å². The van der Waals surface area contributed by atoms with Gasteiger partial charge in [0.25, 0.3) is 5.56 Å². The zero-order valence-electron chi connectivity index (χ0n) is 17.3. The molecule has 0 bridgehead atoms. The Morgan fingerprint density at radius 2 is 2.07 bits per heavy atom. The molecule has 8 heteroatoms. The maximum absolute atomic E-state index is 12.8. The molecular formula is C21H28N4O3S. The topological polar surface area (TPSA) is 86.4 Å². The van der Waals surface area contributed by atoms with Crippen molar-refractivity contribution in [1.82, 2.24) is 19.8 Å². The van der Waals surface area contributed by atoms with Gasteiger partial charge in [0.15, 0.2) is 0 Å². The molecule has 2 amide bonds. The largest absolute Gasteiger partial charge is 0.339 e. The smallest absolute Gasteiger partial charge is 0.259 e. The van der Waals surface area contributed by atoms with Crippen molar-refractivity contribution in [1.29, 1.82) is 0 Å². The Balaban J connectivity index is 1.42. The van der Waals surface area contributed by atoms with Crippen LogP contribution < -0.4 is 5.56 Å². The Labute approximate surface area is 174 Å². The van der Waals surface area contributed by atoms with E-state index in [-0.39, 0.29) is 23.8 Å². The van der Waals surface area contributed by atoms with Gasteiger partial charge in [-0.15, -0.1) is 11.3 Å². The normalized spacial score (nSPS) is 19.4. The minimum absolute atomic E-state index is 0.0133. The number of hydrogen-bond donors (Lipinski definition) is 1. The number of carbonyl (C=O) groups is 2. The molecule has 7 nitrogen and oxygen atoms in total. The SMILES string of the molecule is CC(C)CN1CCN(C(=O)CCc2nc3sc4c(c3c(=O)[nH]2)CCC4)[C@H](C)C1=O. The van der Waals surface area contributed by atoms with E-state index in [1.165, 1.54) is 4.88 Å². The molecule has 0 saturated carbocycles. The van der Waals surface area contributed by atoms with Gasteiger partial charge in [0.2, 0.25) is 11.8 Å². The lowest BCUT2D eigenvalue weighted by molar-refractivity contribution is -0.151. The Hall–Kier alpha value is -2.22. The molecule has 156 valence electrons. The van der Waals surface area contributed by atoms with Crippen LogP contribution in [0.2, 0.25) is 0 Å². The fraction of sp³-hybridized carbons (Fsp3) is 0.619. The molecule has 1 N–H and O–H groups in total. The lowest BCUT2D eigenvalue weighted by atomic mass is 10.1. The number of aromatic nitrogens is 2. The molecular weight excluding hydrogens is 388 g/mol. The third-order valence-corrected chi connectivity index (χ3v) is 7.04. The first kappa shape index (κ1) is 20.1. The Kier molecular flexibility index (Phi) is 5.46. The number of H-pyrrole nitrogens is 1. The number of fused-ring (bicyclic) bond motifs is 3. The third-order valence-electron chi connectivity index (χ3n) is 5.85. The van der Waals surface area contributed by atoms with Crippen molar-refractivity contribution in [3.05, 3.63) is 26.6 Å². The predicted octanol–water partition coefficient (Wildman–Crippen LogP) is 2.12. The van der Waals surface area contributed by atoms with Crippen molar-refractivity contribution in [3.63, 3.8) is 0 Å². The monoisotopic (exact) mass is 416 g/mol. The highest BCUT2D eigenvalue weighted by molar-refractivity contribution is 7.18. The van der Waals surface area contributed by atoms with Crippen molar-refractivity contribution in [3.8, 4) is 0 Å². The van der Waals surface area contributed by atoms with Gasteiger partial charge in [-0.3, -0.25) is 14.4 Å². The number of carbonyl (C=O) groups excluding carboxylic acids is 2. The zero-order valence-corrected chi connectivity index (χ0v) is 18.1. The minimum atomic E-state index is -0.440. The molecule has 0 aromatic carbocycles. The predicted molar refractivity (Wildman–Crippen MR) is 113 cm³/mol. The van der Waals surface area contributed by atoms with Gasteiger partial charge in [0.05, 0.1) is 5.39 Å². The fourth-order valence-corrected chi connectivity index (χ4v) is 5.71. The lowest BCUT2D eigenvalue weighted by Gasteiger charge is -2.39. The second-order valence-electron chi connectivity index (χ2n) is 8.49. The zero-order chi connectivity index (χ0) is 20.7. The van der Waals surface area contributed by atoms with E-state index in [2.05, 4.69) is 23.8 Å². The number of nitrogens with one attached hydrogen (secondary N) is 1. The molecule has 1 fully saturated rings. The van der Waals surface area contributed by atoms with Gasteiger partial charge < -0.3 is 14.8 Å². The molecule has 4 rings (SSSR count). The quantitative estimate of drug-likeness (QED) is 0.809. The Bertz CT molecular complexity index is 1010. The van der Waals surface area contributed by atoms with E-state index in [1.807, 2.05) is 4.90 Å². The first-order valence-corrected chi connectivity index (χ1v) is 11.3. The van der Waals surface area contributed by atoms with Gasteiger partial charge in [-0.1, -0.05) is 13.8 Å². The van der Waals surface area contributed by atoms with E-state index in [1.54, 1.807) is 23.2 Å². The second-order valence-corrected chi connectivity index (χ2v) is 9.57.